The number of carbonyl (C=O) groups is 3. The van der Waals surface area contributed by atoms with Gasteiger partial charge in [-0.25, -0.2) is 4.79 Å². The molecule has 1 amide bonds. The van der Waals surface area contributed by atoms with E-state index in [1.807, 2.05) is 0 Å². The maximum atomic E-state index is 12.7. The zero-order valence-electron chi connectivity index (χ0n) is 13.8. The van der Waals surface area contributed by atoms with Crippen molar-refractivity contribution in [3.63, 3.8) is 0 Å². The van der Waals surface area contributed by atoms with Crippen LogP contribution < -0.4 is 0 Å². The van der Waals surface area contributed by atoms with Crippen LogP contribution in [0.1, 0.15) is 45.4 Å². The number of carbonyl (C=O) groups excluding carboxylic acids is 3. The molecule has 7 nitrogen and oxygen atoms in total. The molecule has 2 unspecified atom stereocenters. The molecule has 0 spiro atoms. The molecule has 0 aromatic rings. The molecule has 23 heavy (non-hydrogen) atoms. The van der Waals surface area contributed by atoms with Crippen molar-refractivity contribution in [2.24, 2.45) is 0 Å². The van der Waals surface area contributed by atoms with Crippen LogP contribution in [0.15, 0.2) is 0 Å². The Morgan fingerprint density at radius 3 is 2.61 bits per heavy atom. The molecule has 0 radical (unpaired) electrons. The first-order valence-corrected chi connectivity index (χ1v) is 8.27. The molecular weight excluding hydrogens is 302 g/mol. The molecule has 7 heteroatoms. The summed E-state index contributed by atoms with van der Waals surface area (Å²) in [5, 5.41) is 0. The van der Waals surface area contributed by atoms with Crippen LogP contribution in [0.5, 0.6) is 0 Å². The summed E-state index contributed by atoms with van der Waals surface area (Å²) in [7, 11) is 1.37. The Morgan fingerprint density at radius 1 is 1.22 bits per heavy atom. The minimum atomic E-state index is -1.51. The van der Waals surface area contributed by atoms with E-state index in [1.54, 1.807) is 6.92 Å². The second-order valence-electron chi connectivity index (χ2n) is 5.85. The topological polar surface area (TPSA) is 82.1 Å². The van der Waals surface area contributed by atoms with E-state index >= 15 is 0 Å². The Balaban J connectivity index is 2.15. The zero-order chi connectivity index (χ0) is 16.9. The lowest BCUT2D eigenvalue weighted by molar-refractivity contribution is -0.233. The highest BCUT2D eigenvalue weighted by Crippen LogP contribution is 2.29. The van der Waals surface area contributed by atoms with E-state index in [0.29, 0.717) is 26.0 Å². The van der Waals surface area contributed by atoms with E-state index in [9.17, 15) is 14.4 Å². The van der Waals surface area contributed by atoms with Gasteiger partial charge in [0.1, 0.15) is 6.04 Å². The lowest BCUT2D eigenvalue weighted by Crippen LogP contribution is -2.57. The number of nitrogens with zero attached hydrogens (tertiary/aromatic N) is 1. The minimum absolute atomic E-state index is 0.246. The number of Topliss-reactive ketones (excluding diaryl/α,β-unsaturated/α-hetero) is 1. The van der Waals surface area contributed by atoms with Gasteiger partial charge < -0.3 is 19.1 Å². The molecular formula is C16H25NO6. The van der Waals surface area contributed by atoms with Crippen molar-refractivity contribution in [1.82, 2.24) is 4.90 Å². The van der Waals surface area contributed by atoms with Gasteiger partial charge in [0.05, 0.1) is 13.2 Å². The van der Waals surface area contributed by atoms with E-state index in [-0.39, 0.29) is 6.61 Å². The van der Waals surface area contributed by atoms with Gasteiger partial charge in [0.25, 0.3) is 11.7 Å². The number of esters is 1. The van der Waals surface area contributed by atoms with Crippen LogP contribution in [0.2, 0.25) is 0 Å². The number of likely N-dealkylation sites (tertiary alicyclic amines) is 1. The molecule has 2 saturated heterocycles. The summed E-state index contributed by atoms with van der Waals surface area (Å²) in [5.41, 5.74) is 0. The van der Waals surface area contributed by atoms with Crippen LogP contribution in [0, 0.1) is 0 Å². The third kappa shape index (κ3) is 3.72. The first-order valence-electron chi connectivity index (χ1n) is 8.27. The van der Waals surface area contributed by atoms with Crippen molar-refractivity contribution in [2.45, 2.75) is 57.3 Å². The average Bonchev–Trinajstić information content (AvgIpc) is 2.61. The van der Waals surface area contributed by atoms with Gasteiger partial charge in [-0.3, -0.25) is 9.59 Å². The number of ether oxygens (including phenoxy) is 3. The average molecular weight is 327 g/mol. The van der Waals surface area contributed by atoms with E-state index in [2.05, 4.69) is 0 Å². The minimum Gasteiger partial charge on any atom is -0.464 e. The highest BCUT2D eigenvalue weighted by Gasteiger charge is 2.48. The third-order valence-corrected chi connectivity index (χ3v) is 4.43. The number of ketones is 1. The number of methoxy groups -OCH3 is 1. The number of hydrogen-bond donors (Lipinski definition) is 0. The normalized spacial score (nSPS) is 28.3. The van der Waals surface area contributed by atoms with Crippen LogP contribution >= 0.6 is 0 Å². The first kappa shape index (κ1) is 17.9. The van der Waals surface area contributed by atoms with Crippen molar-refractivity contribution < 1.29 is 28.6 Å². The van der Waals surface area contributed by atoms with Crippen LogP contribution in [-0.4, -0.2) is 61.3 Å². The zero-order valence-corrected chi connectivity index (χ0v) is 13.8. The van der Waals surface area contributed by atoms with Gasteiger partial charge in [-0.15, -0.1) is 0 Å². The van der Waals surface area contributed by atoms with E-state index in [0.717, 1.165) is 25.7 Å². The fourth-order valence-corrected chi connectivity index (χ4v) is 3.15. The monoisotopic (exact) mass is 327 g/mol. The Labute approximate surface area is 136 Å². The fourth-order valence-electron chi connectivity index (χ4n) is 3.15. The highest BCUT2D eigenvalue weighted by molar-refractivity contribution is 6.39. The van der Waals surface area contributed by atoms with Gasteiger partial charge in [0.15, 0.2) is 0 Å². The molecule has 0 aromatic carbocycles. The summed E-state index contributed by atoms with van der Waals surface area (Å²) < 4.78 is 15.8. The van der Waals surface area contributed by atoms with Crippen LogP contribution in [-0.2, 0) is 28.6 Å². The van der Waals surface area contributed by atoms with Gasteiger partial charge >= 0.3 is 5.97 Å². The van der Waals surface area contributed by atoms with Crippen LogP contribution in [0.25, 0.3) is 0 Å². The molecule has 0 aliphatic carbocycles. The van der Waals surface area contributed by atoms with E-state index in [4.69, 9.17) is 14.2 Å². The SMILES string of the molecule is CCOC(=O)C1CCCCN1C(=O)C(=O)C1(OC)CCCCO1. The van der Waals surface area contributed by atoms with Crippen molar-refractivity contribution in [3.05, 3.63) is 0 Å². The van der Waals surface area contributed by atoms with Crippen molar-refractivity contribution in [3.8, 4) is 0 Å². The Hall–Kier alpha value is -1.47. The number of piperidine rings is 1. The number of rotatable bonds is 5. The second kappa shape index (κ2) is 7.88. The van der Waals surface area contributed by atoms with Crippen LogP contribution in [0.3, 0.4) is 0 Å². The van der Waals surface area contributed by atoms with Gasteiger partial charge in [-0.05, 0) is 39.0 Å². The molecule has 0 saturated carbocycles. The molecule has 0 N–H and O–H groups in total. The quantitative estimate of drug-likeness (QED) is 0.554. The standard InChI is InChI=1S/C16H25NO6/c1-3-22-15(20)12-8-4-6-10-17(12)14(19)13(18)16(21-2)9-5-7-11-23-16/h12H,3-11H2,1-2H3. The predicted molar refractivity (Wildman–Crippen MR) is 80.5 cm³/mol. The van der Waals surface area contributed by atoms with Gasteiger partial charge in [0.2, 0.25) is 5.79 Å². The summed E-state index contributed by atoms with van der Waals surface area (Å²) in [6.45, 7) is 2.71. The van der Waals surface area contributed by atoms with Crippen molar-refractivity contribution in [1.29, 1.82) is 0 Å². The first-order chi connectivity index (χ1) is 11.1. The summed E-state index contributed by atoms with van der Waals surface area (Å²) in [6, 6.07) is -0.697. The van der Waals surface area contributed by atoms with Crippen LogP contribution in [0.4, 0.5) is 0 Å². The lowest BCUT2D eigenvalue weighted by Gasteiger charge is -2.38. The summed E-state index contributed by atoms with van der Waals surface area (Å²) >= 11 is 0. The second-order valence-corrected chi connectivity index (χ2v) is 5.85. The Morgan fingerprint density at radius 2 is 2.00 bits per heavy atom. The van der Waals surface area contributed by atoms with E-state index in [1.165, 1.54) is 12.0 Å². The third-order valence-electron chi connectivity index (χ3n) is 4.43. The maximum absolute atomic E-state index is 12.7. The molecule has 2 aliphatic heterocycles. The van der Waals surface area contributed by atoms with Gasteiger partial charge in [-0.2, -0.15) is 0 Å². The fraction of sp³-hybridized carbons (Fsp3) is 0.812. The van der Waals surface area contributed by atoms with Gasteiger partial charge in [-0.1, -0.05) is 0 Å². The van der Waals surface area contributed by atoms with Crippen molar-refractivity contribution >= 4 is 17.7 Å². The Kier molecular flexibility index (Phi) is 6.12. The molecule has 2 fully saturated rings. The molecule has 2 atom stereocenters. The van der Waals surface area contributed by atoms with Crippen molar-refractivity contribution in [2.75, 3.05) is 26.9 Å². The summed E-state index contributed by atoms with van der Waals surface area (Å²) in [6.07, 6.45) is 4.05. The molecule has 0 bridgehead atoms. The number of hydrogen-bond acceptors (Lipinski definition) is 6. The largest absolute Gasteiger partial charge is 0.464 e. The summed E-state index contributed by atoms with van der Waals surface area (Å²) in [5.74, 6) is -3.40. The Bertz CT molecular complexity index is 457. The maximum Gasteiger partial charge on any atom is 0.328 e. The molecule has 130 valence electrons. The predicted octanol–water partition coefficient (Wildman–Crippen LogP) is 1.04. The van der Waals surface area contributed by atoms with E-state index < -0.39 is 29.5 Å². The summed E-state index contributed by atoms with van der Waals surface area (Å²) in [4.78, 5) is 38.8. The lowest BCUT2D eigenvalue weighted by atomic mass is 9.97. The molecule has 2 heterocycles. The van der Waals surface area contributed by atoms with Gasteiger partial charge in [0, 0.05) is 20.1 Å². The molecule has 0 aromatic heterocycles. The molecule has 2 aliphatic rings. The number of amides is 1. The molecule has 2 rings (SSSR count). The smallest absolute Gasteiger partial charge is 0.328 e. The highest BCUT2D eigenvalue weighted by atomic mass is 16.7.